The lowest BCUT2D eigenvalue weighted by molar-refractivity contribution is -0.146. The van der Waals surface area contributed by atoms with E-state index in [2.05, 4.69) is 0 Å². The first kappa shape index (κ1) is 22.5. The van der Waals surface area contributed by atoms with E-state index >= 15 is 0 Å². The topological polar surface area (TPSA) is 63.7 Å². The number of hydrogen-bond donors (Lipinski definition) is 0. The van der Waals surface area contributed by atoms with E-state index in [0.717, 1.165) is 23.3 Å². The van der Waals surface area contributed by atoms with Crippen LogP contribution in [0.15, 0.2) is 77.7 Å². The van der Waals surface area contributed by atoms with Crippen molar-refractivity contribution in [2.75, 3.05) is 6.54 Å². The molecule has 0 saturated heterocycles. The second-order valence-electron chi connectivity index (χ2n) is 7.49. The van der Waals surface area contributed by atoms with Crippen molar-refractivity contribution in [2.45, 2.75) is 30.4 Å². The summed E-state index contributed by atoms with van der Waals surface area (Å²) in [7, 11) is -3.95. The largest absolute Gasteiger partial charge is 0.461 e. The van der Waals surface area contributed by atoms with Gasteiger partial charge < -0.3 is 4.74 Å². The minimum Gasteiger partial charge on any atom is -0.461 e. The third-order valence-electron chi connectivity index (χ3n) is 5.49. The lowest BCUT2D eigenvalue weighted by Gasteiger charge is -2.36. The Labute approximate surface area is 191 Å². The Morgan fingerprint density at radius 1 is 1.03 bits per heavy atom. The Balaban J connectivity index is 1.60. The monoisotopic (exact) mass is 473 g/mol. The zero-order valence-corrected chi connectivity index (χ0v) is 18.7. The molecule has 0 aromatic heterocycles. The van der Waals surface area contributed by atoms with Gasteiger partial charge in [0.15, 0.2) is 0 Å². The smallest absolute Gasteiger partial charge is 0.308 e. The summed E-state index contributed by atoms with van der Waals surface area (Å²) in [6, 6.07) is 18.5. The summed E-state index contributed by atoms with van der Waals surface area (Å²) in [6.45, 7) is 0.205. The van der Waals surface area contributed by atoms with Crippen molar-refractivity contribution in [3.63, 3.8) is 0 Å². The molecule has 0 fully saturated rings. The number of fused-ring (bicyclic) bond motifs is 1. The summed E-state index contributed by atoms with van der Waals surface area (Å²) in [4.78, 5) is 12.7. The van der Waals surface area contributed by atoms with Gasteiger partial charge in [-0.3, -0.25) is 4.79 Å². The molecule has 5 nitrogen and oxygen atoms in total. The fraction of sp³-hybridized carbons (Fsp3) is 0.208. The second-order valence-corrected chi connectivity index (χ2v) is 9.79. The summed E-state index contributed by atoms with van der Waals surface area (Å²) >= 11 is 6.12. The van der Waals surface area contributed by atoms with Crippen LogP contribution in [-0.4, -0.2) is 25.2 Å². The predicted octanol–water partition coefficient (Wildman–Crippen LogP) is 4.90. The predicted molar refractivity (Wildman–Crippen MR) is 119 cm³/mol. The maximum Gasteiger partial charge on any atom is 0.308 e. The van der Waals surface area contributed by atoms with Crippen molar-refractivity contribution in [2.24, 2.45) is 0 Å². The molecule has 1 aliphatic rings. The summed E-state index contributed by atoms with van der Waals surface area (Å²) in [5.41, 5.74) is 2.42. The molecule has 0 aliphatic carbocycles. The first-order valence-electron chi connectivity index (χ1n) is 10.1. The zero-order valence-electron chi connectivity index (χ0n) is 17.1. The average Bonchev–Trinajstić information content (AvgIpc) is 2.79. The highest BCUT2D eigenvalue weighted by molar-refractivity contribution is 7.89. The Bertz CT molecular complexity index is 1230. The van der Waals surface area contributed by atoms with Crippen molar-refractivity contribution < 1.29 is 22.3 Å². The van der Waals surface area contributed by atoms with Gasteiger partial charge in [0.05, 0.1) is 17.4 Å². The molecule has 4 rings (SSSR count). The summed E-state index contributed by atoms with van der Waals surface area (Å²) in [6.07, 6.45) is 0.365. The van der Waals surface area contributed by atoms with E-state index in [4.69, 9.17) is 16.3 Å². The van der Waals surface area contributed by atoms with Gasteiger partial charge in [0, 0.05) is 17.1 Å². The van der Waals surface area contributed by atoms with Gasteiger partial charge in [-0.2, -0.15) is 4.31 Å². The number of benzene rings is 3. The van der Waals surface area contributed by atoms with Gasteiger partial charge in [-0.25, -0.2) is 12.8 Å². The van der Waals surface area contributed by atoms with Crippen molar-refractivity contribution in [3.8, 4) is 0 Å². The highest BCUT2D eigenvalue weighted by atomic mass is 35.5. The van der Waals surface area contributed by atoms with Gasteiger partial charge in [0.1, 0.15) is 12.4 Å². The normalized spacial score (nSPS) is 16.4. The maximum atomic E-state index is 13.4. The first-order valence-corrected chi connectivity index (χ1v) is 11.9. The molecule has 0 N–H and O–H groups in total. The van der Waals surface area contributed by atoms with Crippen LogP contribution in [0, 0.1) is 5.82 Å². The Morgan fingerprint density at radius 3 is 2.47 bits per heavy atom. The number of halogens is 2. The molecule has 1 atom stereocenters. The molecule has 8 heteroatoms. The molecule has 0 spiro atoms. The molecule has 1 aliphatic heterocycles. The summed E-state index contributed by atoms with van der Waals surface area (Å²) in [5, 5.41) is 0.490. The number of hydrogen-bond acceptors (Lipinski definition) is 4. The van der Waals surface area contributed by atoms with Gasteiger partial charge in [-0.15, -0.1) is 0 Å². The number of sulfonamides is 1. The van der Waals surface area contributed by atoms with Crippen LogP contribution in [0.25, 0.3) is 0 Å². The fourth-order valence-corrected chi connectivity index (χ4v) is 5.66. The third kappa shape index (κ3) is 4.70. The minimum absolute atomic E-state index is 0.00240. The van der Waals surface area contributed by atoms with E-state index < -0.39 is 27.9 Å². The van der Waals surface area contributed by atoms with Crippen LogP contribution >= 0.6 is 11.6 Å². The molecule has 1 unspecified atom stereocenters. The van der Waals surface area contributed by atoms with E-state index in [9.17, 15) is 17.6 Å². The van der Waals surface area contributed by atoms with Crippen LogP contribution in [0.3, 0.4) is 0 Å². The van der Waals surface area contributed by atoms with Crippen LogP contribution in [-0.2, 0) is 32.6 Å². The van der Waals surface area contributed by atoms with E-state index in [1.807, 2.05) is 24.3 Å². The molecule has 0 radical (unpaired) electrons. The Kier molecular flexibility index (Phi) is 6.60. The minimum atomic E-state index is -3.95. The van der Waals surface area contributed by atoms with Crippen LogP contribution in [0.4, 0.5) is 4.39 Å². The standard InChI is InChI=1S/C24H21ClFNO4S/c25-22-8-4-2-6-18(22)16-31-24(28)15-23-21-7-3-1-5-17(21)13-14-27(23)32(29,30)20-11-9-19(26)10-12-20/h1-12,23H,13-16H2. The van der Waals surface area contributed by atoms with Gasteiger partial charge in [0.25, 0.3) is 0 Å². The molecule has 1 heterocycles. The fourth-order valence-electron chi connectivity index (χ4n) is 3.86. The summed E-state index contributed by atoms with van der Waals surface area (Å²) < 4.78 is 46.8. The van der Waals surface area contributed by atoms with Gasteiger partial charge in [-0.1, -0.05) is 54.1 Å². The van der Waals surface area contributed by atoms with Crippen molar-refractivity contribution in [1.82, 2.24) is 4.31 Å². The quantitative estimate of drug-likeness (QED) is 0.478. The SMILES string of the molecule is O=C(CC1c2ccccc2CCN1S(=O)(=O)c1ccc(F)cc1)OCc1ccccc1Cl. The zero-order chi connectivity index (χ0) is 22.7. The van der Waals surface area contributed by atoms with E-state index in [1.165, 1.54) is 16.4 Å². The van der Waals surface area contributed by atoms with Crippen LogP contribution in [0.5, 0.6) is 0 Å². The number of rotatable bonds is 6. The number of nitrogens with zero attached hydrogens (tertiary/aromatic N) is 1. The molecule has 0 amide bonds. The molecule has 3 aromatic rings. The highest BCUT2D eigenvalue weighted by Crippen LogP contribution is 2.36. The van der Waals surface area contributed by atoms with Gasteiger partial charge in [0.2, 0.25) is 10.0 Å². The molecular weight excluding hydrogens is 453 g/mol. The lowest BCUT2D eigenvalue weighted by Crippen LogP contribution is -2.41. The third-order valence-corrected chi connectivity index (χ3v) is 7.78. The number of esters is 1. The van der Waals surface area contributed by atoms with Crippen molar-refractivity contribution >= 4 is 27.6 Å². The van der Waals surface area contributed by atoms with Gasteiger partial charge in [-0.05, 0) is 47.9 Å². The highest BCUT2D eigenvalue weighted by Gasteiger charge is 2.37. The molecule has 32 heavy (non-hydrogen) atoms. The van der Waals surface area contributed by atoms with Gasteiger partial charge >= 0.3 is 5.97 Å². The van der Waals surface area contributed by atoms with Crippen molar-refractivity contribution in [3.05, 3.63) is 100 Å². The maximum absolute atomic E-state index is 13.4. The molecular formula is C24H21ClFNO4S. The van der Waals surface area contributed by atoms with E-state index in [-0.39, 0.29) is 24.5 Å². The van der Waals surface area contributed by atoms with Crippen LogP contribution < -0.4 is 0 Å². The molecule has 166 valence electrons. The Hall–Kier alpha value is -2.74. The van der Waals surface area contributed by atoms with Crippen molar-refractivity contribution in [1.29, 1.82) is 0 Å². The first-order chi connectivity index (χ1) is 15.4. The molecule has 0 bridgehead atoms. The lowest BCUT2D eigenvalue weighted by atomic mass is 9.92. The number of carbonyl (C=O) groups excluding carboxylic acids is 1. The number of ether oxygens (including phenoxy) is 1. The van der Waals surface area contributed by atoms with E-state index in [1.54, 1.807) is 24.3 Å². The van der Waals surface area contributed by atoms with E-state index in [0.29, 0.717) is 17.0 Å². The van der Waals surface area contributed by atoms with Crippen LogP contribution in [0.2, 0.25) is 5.02 Å². The molecule has 3 aromatic carbocycles. The second kappa shape index (κ2) is 9.40. The average molecular weight is 474 g/mol. The Morgan fingerprint density at radius 2 is 1.72 bits per heavy atom. The summed E-state index contributed by atoms with van der Waals surface area (Å²) in [5.74, 6) is -1.06. The number of carbonyl (C=O) groups is 1. The van der Waals surface area contributed by atoms with Crippen LogP contribution in [0.1, 0.15) is 29.2 Å². The molecule has 0 saturated carbocycles.